The lowest BCUT2D eigenvalue weighted by Gasteiger charge is -2.40. The van der Waals surface area contributed by atoms with Crippen molar-refractivity contribution in [3.63, 3.8) is 0 Å². The average Bonchev–Trinajstić information content (AvgIpc) is 3.11. The van der Waals surface area contributed by atoms with Crippen molar-refractivity contribution in [2.75, 3.05) is 26.2 Å². The number of nitrogens with zero attached hydrogens (tertiary/aromatic N) is 2. The first-order valence-electron chi connectivity index (χ1n) is 9.11. The Bertz CT molecular complexity index is 689. The number of rotatable bonds is 3. The molecule has 1 saturated carbocycles. The fraction of sp³-hybridized carbons (Fsp3) is 0.579. The molecule has 1 saturated heterocycles. The first-order valence-corrected chi connectivity index (χ1v) is 9.11. The maximum absolute atomic E-state index is 13.3. The van der Waals surface area contributed by atoms with Gasteiger partial charge in [0.25, 0.3) is 0 Å². The van der Waals surface area contributed by atoms with Crippen molar-refractivity contribution < 1.29 is 27.2 Å². The molecule has 1 aromatic carbocycles. The van der Waals surface area contributed by atoms with E-state index in [9.17, 15) is 27.2 Å². The summed E-state index contributed by atoms with van der Waals surface area (Å²) in [5.41, 5.74) is 0.0771. The number of benzene rings is 1. The molecule has 0 spiro atoms. The number of piperazine rings is 1. The summed E-state index contributed by atoms with van der Waals surface area (Å²) in [5, 5.41) is 0. The molecule has 0 bridgehead atoms. The van der Waals surface area contributed by atoms with Crippen LogP contribution in [0.15, 0.2) is 24.3 Å². The van der Waals surface area contributed by atoms with Crippen molar-refractivity contribution >= 4 is 11.8 Å². The summed E-state index contributed by atoms with van der Waals surface area (Å²) < 4.78 is 50.5. The Kier molecular flexibility index (Phi) is 5.44. The van der Waals surface area contributed by atoms with Gasteiger partial charge in [-0.2, -0.15) is 13.2 Å². The zero-order valence-corrected chi connectivity index (χ0v) is 14.9. The molecule has 3 rings (SSSR count). The van der Waals surface area contributed by atoms with Crippen LogP contribution in [-0.4, -0.2) is 54.0 Å². The van der Waals surface area contributed by atoms with E-state index in [4.69, 9.17) is 0 Å². The zero-order chi connectivity index (χ0) is 19.7. The summed E-state index contributed by atoms with van der Waals surface area (Å²) in [6, 6.07) is 5.97. The lowest BCUT2D eigenvalue weighted by molar-refractivity contribution is -0.164. The smallest absolute Gasteiger partial charge is 0.339 e. The molecule has 2 fully saturated rings. The van der Waals surface area contributed by atoms with Crippen LogP contribution in [0, 0.1) is 5.82 Å². The fourth-order valence-electron chi connectivity index (χ4n) is 4.12. The Labute approximate surface area is 155 Å². The Morgan fingerprint density at radius 2 is 1.44 bits per heavy atom. The molecule has 0 unspecified atom stereocenters. The van der Waals surface area contributed by atoms with E-state index < -0.39 is 23.9 Å². The molecule has 1 aromatic rings. The molecule has 1 heterocycles. The van der Waals surface area contributed by atoms with Gasteiger partial charge in [-0.3, -0.25) is 9.59 Å². The predicted molar refractivity (Wildman–Crippen MR) is 90.4 cm³/mol. The minimum atomic E-state index is -4.53. The van der Waals surface area contributed by atoms with Crippen LogP contribution < -0.4 is 0 Å². The van der Waals surface area contributed by atoms with Crippen LogP contribution in [0.2, 0.25) is 0 Å². The van der Waals surface area contributed by atoms with E-state index in [1.807, 2.05) is 0 Å². The van der Waals surface area contributed by atoms with Gasteiger partial charge in [0.2, 0.25) is 11.8 Å². The molecule has 1 aliphatic heterocycles. The van der Waals surface area contributed by atoms with Gasteiger partial charge in [0.15, 0.2) is 0 Å². The highest BCUT2D eigenvalue weighted by Gasteiger charge is 2.45. The Morgan fingerprint density at radius 3 is 1.96 bits per heavy atom. The summed E-state index contributed by atoms with van der Waals surface area (Å²) in [6.07, 6.45) is -2.86. The summed E-state index contributed by atoms with van der Waals surface area (Å²) >= 11 is 0. The third kappa shape index (κ3) is 4.25. The van der Waals surface area contributed by atoms with Gasteiger partial charge in [0, 0.05) is 26.2 Å². The molecule has 0 atom stereocenters. The molecule has 0 N–H and O–H groups in total. The fourth-order valence-corrected chi connectivity index (χ4v) is 4.12. The second kappa shape index (κ2) is 7.48. The number of halogens is 4. The molecular weight excluding hydrogens is 364 g/mol. The topological polar surface area (TPSA) is 40.6 Å². The second-order valence-corrected chi connectivity index (χ2v) is 7.26. The number of alkyl halides is 3. The SMILES string of the molecule is O=C(CC(F)(F)F)N1CCN(C(=O)C2(c3ccc(F)cc3)CCCC2)CC1. The lowest BCUT2D eigenvalue weighted by atomic mass is 9.77. The van der Waals surface area contributed by atoms with Gasteiger partial charge >= 0.3 is 6.18 Å². The number of hydrogen-bond acceptors (Lipinski definition) is 2. The van der Waals surface area contributed by atoms with Crippen LogP contribution in [0.5, 0.6) is 0 Å². The third-order valence-electron chi connectivity index (χ3n) is 5.53. The van der Waals surface area contributed by atoms with Gasteiger partial charge < -0.3 is 9.80 Å². The average molecular weight is 386 g/mol. The van der Waals surface area contributed by atoms with Gasteiger partial charge in [0.1, 0.15) is 12.2 Å². The Hall–Kier alpha value is -2.12. The summed E-state index contributed by atoms with van der Waals surface area (Å²) in [4.78, 5) is 27.8. The second-order valence-electron chi connectivity index (χ2n) is 7.26. The molecule has 2 aliphatic rings. The number of hydrogen-bond donors (Lipinski definition) is 0. The van der Waals surface area contributed by atoms with Crippen LogP contribution in [0.4, 0.5) is 17.6 Å². The zero-order valence-electron chi connectivity index (χ0n) is 14.9. The quantitative estimate of drug-likeness (QED) is 0.749. The number of carbonyl (C=O) groups is 2. The van der Waals surface area contributed by atoms with Gasteiger partial charge in [-0.05, 0) is 30.5 Å². The highest BCUT2D eigenvalue weighted by molar-refractivity contribution is 5.89. The number of carbonyl (C=O) groups excluding carboxylic acids is 2. The first-order chi connectivity index (χ1) is 12.7. The van der Waals surface area contributed by atoms with E-state index in [0.717, 1.165) is 23.3 Å². The van der Waals surface area contributed by atoms with E-state index >= 15 is 0 Å². The Balaban J connectivity index is 1.68. The van der Waals surface area contributed by atoms with Crippen LogP contribution in [0.25, 0.3) is 0 Å². The largest absolute Gasteiger partial charge is 0.397 e. The number of amides is 2. The first kappa shape index (κ1) is 19.6. The van der Waals surface area contributed by atoms with Gasteiger partial charge in [-0.1, -0.05) is 25.0 Å². The molecule has 0 radical (unpaired) electrons. The highest BCUT2D eigenvalue weighted by atomic mass is 19.4. The van der Waals surface area contributed by atoms with Crippen molar-refractivity contribution in [2.24, 2.45) is 0 Å². The molecular formula is C19H22F4N2O2. The monoisotopic (exact) mass is 386 g/mol. The maximum atomic E-state index is 13.3. The van der Waals surface area contributed by atoms with Crippen molar-refractivity contribution in [3.8, 4) is 0 Å². The van der Waals surface area contributed by atoms with Gasteiger partial charge in [-0.25, -0.2) is 4.39 Å². The third-order valence-corrected chi connectivity index (χ3v) is 5.53. The maximum Gasteiger partial charge on any atom is 0.397 e. The van der Waals surface area contributed by atoms with E-state index in [2.05, 4.69) is 0 Å². The van der Waals surface area contributed by atoms with Gasteiger partial charge in [0.05, 0.1) is 5.41 Å². The van der Waals surface area contributed by atoms with E-state index in [0.29, 0.717) is 12.8 Å². The van der Waals surface area contributed by atoms with Gasteiger partial charge in [-0.15, -0.1) is 0 Å². The highest BCUT2D eigenvalue weighted by Crippen LogP contribution is 2.43. The molecule has 8 heteroatoms. The lowest BCUT2D eigenvalue weighted by Crippen LogP contribution is -2.55. The minimum absolute atomic E-state index is 0.0745. The molecule has 4 nitrogen and oxygen atoms in total. The normalized spacial score (nSPS) is 20.0. The van der Waals surface area contributed by atoms with Crippen molar-refractivity contribution in [3.05, 3.63) is 35.6 Å². The molecule has 1 aliphatic carbocycles. The minimum Gasteiger partial charge on any atom is -0.339 e. The van der Waals surface area contributed by atoms with E-state index in [1.165, 1.54) is 12.1 Å². The standard InChI is InChI=1S/C19H22F4N2O2/c20-15-5-3-14(4-6-15)18(7-1-2-8-18)17(27)25-11-9-24(10-12-25)16(26)13-19(21,22)23/h3-6H,1-2,7-13H2. The molecule has 148 valence electrons. The van der Waals surface area contributed by atoms with Crippen LogP contribution >= 0.6 is 0 Å². The van der Waals surface area contributed by atoms with Crippen molar-refractivity contribution in [2.45, 2.75) is 43.7 Å². The predicted octanol–water partition coefficient (Wildman–Crippen LogP) is 3.26. The van der Waals surface area contributed by atoms with Crippen LogP contribution in [0.1, 0.15) is 37.7 Å². The van der Waals surface area contributed by atoms with E-state index in [-0.39, 0.29) is 37.9 Å². The molecule has 2 amide bonds. The summed E-state index contributed by atoms with van der Waals surface area (Å²) in [7, 11) is 0. The van der Waals surface area contributed by atoms with Crippen LogP contribution in [0.3, 0.4) is 0 Å². The van der Waals surface area contributed by atoms with Crippen LogP contribution in [-0.2, 0) is 15.0 Å². The summed E-state index contributed by atoms with van der Waals surface area (Å²) in [5.74, 6) is -1.39. The van der Waals surface area contributed by atoms with Crippen molar-refractivity contribution in [1.29, 1.82) is 0 Å². The van der Waals surface area contributed by atoms with E-state index in [1.54, 1.807) is 17.0 Å². The molecule has 27 heavy (non-hydrogen) atoms. The Morgan fingerprint density at radius 1 is 0.926 bits per heavy atom. The summed E-state index contributed by atoms with van der Waals surface area (Å²) in [6.45, 7) is 0.622. The van der Waals surface area contributed by atoms with Crippen molar-refractivity contribution in [1.82, 2.24) is 9.80 Å². The molecule has 0 aromatic heterocycles.